The maximum absolute atomic E-state index is 11.8. The zero-order valence-corrected chi connectivity index (χ0v) is 11.9. The van der Waals surface area contributed by atoms with Gasteiger partial charge in [0.15, 0.2) is 0 Å². The molecule has 2 atom stereocenters. The molecule has 1 saturated carbocycles. The lowest BCUT2D eigenvalue weighted by atomic mass is 9.79. The van der Waals surface area contributed by atoms with Crippen molar-refractivity contribution in [2.45, 2.75) is 64.5 Å². The molecule has 0 aromatic rings. The monoisotopic (exact) mass is 256 g/mol. The second kappa shape index (κ2) is 6.53. The summed E-state index contributed by atoms with van der Waals surface area (Å²) in [5.41, 5.74) is 5.13. The maximum Gasteiger partial charge on any atom is 0.237 e. The first kappa shape index (κ1) is 15.4. The van der Waals surface area contributed by atoms with Crippen LogP contribution < -0.4 is 11.1 Å². The van der Waals surface area contributed by atoms with E-state index in [1.807, 2.05) is 13.8 Å². The third-order valence-corrected chi connectivity index (χ3v) is 4.36. The highest BCUT2D eigenvalue weighted by Gasteiger charge is 2.32. The normalized spacial score (nSPS) is 31.7. The van der Waals surface area contributed by atoms with Crippen LogP contribution in [-0.4, -0.2) is 29.2 Å². The van der Waals surface area contributed by atoms with Crippen molar-refractivity contribution in [3.05, 3.63) is 0 Å². The zero-order valence-electron chi connectivity index (χ0n) is 11.9. The van der Waals surface area contributed by atoms with Crippen molar-refractivity contribution in [2.75, 3.05) is 6.54 Å². The fourth-order valence-electron chi connectivity index (χ4n) is 2.36. The van der Waals surface area contributed by atoms with Crippen molar-refractivity contribution in [3.8, 4) is 0 Å². The fourth-order valence-corrected chi connectivity index (χ4v) is 2.36. The molecule has 0 aromatic heterocycles. The molecule has 4 heteroatoms. The number of hydrogen-bond donors (Lipinski definition) is 3. The van der Waals surface area contributed by atoms with Gasteiger partial charge in [-0.15, -0.1) is 0 Å². The van der Waals surface area contributed by atoms with Crippen LogP contribution in [0.15, 0.2) is 0 Å². The minimum atomic E-state index is -0.725. The Labute approximate surface area is 110 Å². The second-order valence-electron chi connectivity index (χ2n) is 6.04. The fraction of sp³-hybridized carbons (Fsp3) is 0.929. The van der Waals surface area contributed by atoms with Crippen LogP contribution in [0.25, 0.3) is 0 Å². The number of nitrogens with two attached hydrogens (primary N) is 1. The smallest absolute Gasteiger partial charge is 0.237 e. The van der Waals surface area contributed by atoms with Gasteiger partial charge in [0.05, 0.1) is 11.6 Å². The van der Waals surface area contributed by atoms with Gasteiger partial charge in [0.1, 0.15) is 0 Å². The van der Waals surface area contributed by atoms with Crippen molar-refractivity contribution >= 4 is 5.91 Å². The predicted octanol–water partition coefficient (Wildman–Crippen LogP) is 1.42. The molecule has 0 saturated heterocycles. The van der Waals surface area contributed by atoms with Gasteiger partial charge in [-0.3, -0.25) is 4.79 Å². The zero-order chi connectivity index (χ0) is 13.8. The van der Waals surface area contributed by atoms with Crippen molar-refractivity contribution in [1.29, 1.82) is 0 Å². The van der Waals surface area contributed by atoms with Gasteiger partial charge in [0.25, 0.3) is 0 Å². The van der Waals surface area contributed by atoms with Gasteiger partial charge in [-0.05, 0) is 37.5 Å². The molecule has 4 N–H and O–H groups in total. The van der Waals surface area contributed by atoms with Crippen molar-refractivity contribution in [2.24, 2.45) is 17.6 Å². The lowest BCUT2D eigenvalue weighted by Crippen LogP contribution is -2.51. The van der Waals surface area contributed by atoms with Crippen LogP contribution >= 0.6 is 0 Å². The van der Waals surface area contributed by atoms with Gasteiger partial charge < -0.3 is 16.2 Å². The number of rotatable bonds is 5. The quantitative estimate of drug-likeness (QED) is 0.696. The van der Waals surface area contributed by atoms with E-state index in [1.54, 1.807) is 0 Å². The maximum atomic E-state index is 11.8. The van der Waals surface area contributed by atoms with E-state index < -0.39 is 11.6 Å². The third-order valence-electron chi connectivity index (χ3n) is 4.36. The van der Waals surface area contributed by atoms with Crippen LogP contribution in [0.1, 0.15) is 52.9 Å². The molecule has 0 bridgehead atoms. The summed E-state index contributed by atoms with van der Waals surface area (Å²) in [6.07, 6.45) is 4.49. The highest BCUT2D eigenvalue weighted by Crippen LogP contribution is 2.31. The molecule has 1 aliphatic carbocycles. The summed E-state index contributed by atoms with van der Waals surface area (Å²) in [7, 11) is 0. The summed E-state index contributed by atoms with van der Waals surface area (Å²) in [6.45, 7) is 6.54. The van der Waals surface area contributed by atoms with Gasteiger partial charge in [-0.25, -0.2) is 0 Å². The first-order chi connectivity index (χ1) is 8.38. The molecular weight excluding hydrogens is 228 g/mol. The van der Waals surface area contributed by atoms with E-state index in [0.717, 1.165) is 32.1 Å². The lowest BCUT2D eigenvalue weighted by molar-refractivity contribution is -0.125. The standard InChI is InChI=1S/C14H28N2O2/c1-4-11(3)12(15)13(17)16-9-14(18)7-5-10(2)6-8-14/h10-12,18H,4-9,15H2,1-3H3,(H,16,17)/t10?,11-,12-,14?/m0/s1. The van der Waals surface area contributed by atoms with Crippen molar-refractivity contribution in [1.82, 2.24) is 5.32 Å². The van der Waals surface area contributed by atoms with Crippen LogP contribution in [-0.2, 0) is 4.79 Å². The van der Waals surface area contributed by atoms with E-state index in [-0.39, 0.29) is 11.8 Å². The molecule has 1 rings (SSSR count). The SMILES string of the molecule is CC[C@H](C)[C@H](N)C(=O)NCC1(O)CCC(C)CC1. The summed E-state index contributed by atoms with van der Waals surface area (Å²) >= 11 is 0. The summed E-state index contributed by atoms with van der Waals surface area (Å²) < 4.78 is 0. The Hall–Kier alpha value is -0.610. The second-order valence-corrected chi connectivity index (χ2v) is 6.04. The molecule has 1 aliphatic rings. The average molecular weight is 256 g/mol. The van der Waals surface area contributed by atoms with Crippen molar-refractivity contribution in [3.63, 3.8) is 0 Å². The Morgan fingerprint density at radius 3 is 2.56 bits per heavy atom. The molecule has 0 aromatic carbocycles. The minimum absolute atomic E-state index is 0.142. The first-order valence-corrected chi connectivity index (χ1v) is 7.13. The molecule has 18 heavy (non-hydrogen) atoms. The number of carbonyl (C=O) groups excluding carboxylic acids is 1. The first-order valence-electron chi connectivity index (χ1n) is 7.13. The number of amides is 1. The molecule has 0 spiro atoms. The Bertz CT molecular complexity index is 273. The Morgan fingerprint density at radius 1 is 1.50 bits per heavy atom. The summed E-state index contributed by atoms with van der Waals surface area (Å²) in [6, 6.07) is -0.471. The molecule has 0 unspecified atom stereocenters. The van der Waals surface area contributed by atoms with Crippen LogP contribution in [0.5, 0.6) is 0 Å². The van der Waals surface area contributed by atoms with E-state index in [9.17, 15) is 9.90 Å². The lowest BCUT2D eigenvalue weighted by Gasteiger charge is -2.35. The summed E-state index contributed by atoms with van der Waals surface area (Å²) in [4.78, 5) is 11.8. The van der Waals surface area contributed by atoms with Crippen LogP contribution in [0.4, 0.5) is 0 Å². The van der Waals surface area contributed by atoms with Gasteiger partial charge in [-0.2, -0.15) is 0 Å². The topological polar surface area (TPSA) is 75.4 Å². The van der Waals surface area contributed by atoms with Gasteiger partial charge in [-0.1, -0.05) is 27.2 Å². The highest BCUT2D eigenvalue weighted by molar-refractivity contribution is 5.81. The summed E-state index contributed by atoms with van der Waals surface area (Å²) in [5.74, 6) is 0.714. The Balaban J connectivity index is 2.38. The van der Waals surface area contributed by atoms with Crippen LogP contribution in [0.2, 0.25) is 0 Å². The largest absolute Gasteiger partial charge is 0.388 e. The molecule has 106 valence electrons. The molecule has 0 heterocycles. The average Bonchev–Trinajstić information content (AvgIpc) is 2.38. The molecule has 0 aliphatic heterocycles. The molecule has 0 radical (unpaired) electrons. The predicted molar refractivity (Wildman–Crippen MR) is 73.0 cm³/mol. The number of nitrogens with one attached hydrogen (secondary N) is 1. The van der Waals surface area contributed by atoms with E-state index >= 15 is 0 Å². The van der Waals surface area contributed by atoms with E-state index in [1.165, 1.54) is 0 Å². The van der Waals surface area contributed by atoms with Crippen LogP contribution in [0, 0.1) is 11.8 Å². The van der Waals surface area contributed by atoms with Crippen LogP contribution in [0.3, 0.4) is 0 Å². The Kier molecular flexibility index (Phi) is 5.60. The number of carbonyl (C=O) groups is 1. The van der Waals surface area contributed by atoms with Gasteiger partial charge >= 0.3 is 0 Å². The highest BCUT2D eigenvalue weighted by atomic mass is 16.3. The van der Waals surface area contributed by atoms with E-state index in [4.69, 9.17) is 5.73 Å². The van der Waals surface area contributed by atoms with Crippen molar-refractivity contribution < 1.29 is 9.90 Å². The summed E-state index contributed by atoms with van der Waals surface area (Å²) in [5, 5.41) is 13.2. The van der Waals surface area contributed by atoms with Gasteiger partial charge in [0, 0.05) is 6.54 Å². The van der Waals surface area contributed by atoms with E-state index in [2.05, 4.69) is 12.2 Å². The molecule has 4 nitrogen and oxygen atoms in total. The number of aliphatic hydroxyl groups is 1. The molecular formula is C14H28N2O2. The van der Waals surface area contributed by atoms with E-state index in [0.29, 0.717) is 12.5 Å². The van der Waals surface area contributed by atoms with Gasteiger partial charge in [0.2, 0.25) is 5.91 Å². The minimum Gasteiger partial charge on any atom is -0.388 e. The Morgan fingerprint density at radius 2 is 2.06 bits per heavy atom. The third kappa shape index (κ3) is 4.25. The molecule has 1 fully saturated rings. The molecule has 1 amide bonds. The number of hydrogen-bond acceptors (Lipinski definition) is 3.